The number of ether oxygens (including phenoxy) is 2. The van der Waals surface area contributed by atoms with Crippen molar-refractivity contribution in [3.63, 3.8) is 0 Å². The Kier molecular flexibility index (Phi) is 3.08. The number of hydrogen-bond acceptors (Lipinski definition) is 6. The van der Waals surface area contributed by atoms with E-state index in [-0.39, 0.29) is 11.4 Å². The molecule has 21 heavy (non-hydrogen) atoms. The number of nitrogens with one attached hydrogen (secondary N) is 1. The molecule has 0 spiro atoms. The van der Waals surface area contributed by atoms with E-state index in [4.69, 9.17) is 9.47 Å². The molecule has 0 amide bonds. The number of carboxylic acids is 1. The average molecular weight is 294 g/mol. The highest BCUT2D eigenvalue weighted by Gasteiger charge is 2.45. The molecule has 0 bridgehead atoms. The number of nitro groups is 1. The highest BCUT2D eigenvalue weighted by atomic mass is 16.6. The van der Waals surface area contributed by atoms with Crippen molar-refractivity contribution in [3.05, 3.63) is 22.2 Å². The van der Waals surface area contributed by atoms with Crippen LogP contribution in [-0.2, 0) is 4.79 Å². The summed E-state index contributed by atoms with van der Waals surface area (Å²) >= 11 is 0. The van der Waals surface area contributed by atoms with Crippen LogP contribution < -0.4 is 14.8 Å². The predicted molar refractivity (Wildman–Crippen MR) is 71.9 cm³/mol. The zero-order valence-corrected chi connectivity index (χ0v) is 11.1. The van der Waals surface area contributed by atoms with Crippen molar-refractivity contribution in [2.45, 2.75) is 24.8 Å². The Morgan fingerprint density at radius 2 is 1.90 bits per heavy atom. The zero-order valence-electron chi connectivity index (χ0n) is 11.1. The summed E-state index contributed by atoms with van der Waals surface area (Å²) < 4.78 is 10.7. The first-order chi connectivity index (χ1) is 10.0. The van der Waals surface area contributed by atoms with Gasteiger partial charge in [0.25, 0.3) is 5.69 Å². The monoisotopic (exact) mass is 294 g/mol. The maximum absolute atomic E-state index is 11.4. The number of rotatable bonds is 4. The molecule has 2 aliphatic rings. The molecule has 0 atom stereocenters. The van der Waals surface area contributed by atoms with E-state index >= 15 is 0 Å². The first-order valence-corrected chi connectivity index (χ1v) is 6.61. The summed E-state index contributed by atoms with van der Waals surface area (Å²) in [6.45, 7) is 0.685. The summed E-state index contributed by atoms with van der Waals surface area (Å²) in [4.78, 5) is 22.0. The minimum atomic E-state index is -1.13. The molecule has 0 radical (unpaired) electrons. The SMILES string of the molecule is O=C(O)C1(Nc2cc3c(cc2[N+](=O)[O-])OCCO3)CCC1. The maximum atomic E-state index is 11.4. The third-order valence-electron chi connectivity index (χ3n) is 3.85. The van der Waals surface area contributed by atoms with E-state index in [1.807, 2.05) is 0 Å². The Labute approximate surface area is 119 Å². The van der Waals surface area contributed by atoms with E-state index < -0.39 is 16.4 Å². The van der Waals surface area contributed by atoms with E-state index in [1.165, 1.54) is 12.1 Å². The highest BCUT2D eigenvalue weighted by molar-refractivity contribution is 5.85. The molecule has 1 aromatic rings. The van der Waals surface area contributed by atoms with Crippen LogP contribution in [-0.4, -0.2) is 34.8 Å². The number of carboxylic acid groups (broad SMARTS) is 1. The summed E-state index contributed by atoms with van der Waals surface area (Å²) in [5.41, 5.74) is -1.20. The highest BCUT2D eigenvalue weighted by Crippen LogP contribution is 2.43. The van der Waals surface area contributed by atoms with E-state index in [9.17, 15) is 20.0 Å². The first-order valence-electron chi connectivity index (χ1n) is 6.61. The van der Waals surface area contributed by atoms with Crippen LogP contribution in [0.3, 0.4) is 0 Å². The van der Waals surface area contributed by atoms with Crippen molar-refractivity contribution in [1.82, 2.24) is 0 Å². The smallest absolute Gasteiger partial charge is 0.329 e. The molecule has 0 unspecified atom stereocenters. The molecule has 0 saturated heterocycles. The van der Waals surface area contributed by atoms with Crippen LogP contribution in [0, 0.1) is 10.1 Å². The van der Waals surface area contributed by atoms with Crippen molar-refractivity contribution in [2.75, 3.05) is 18.5 Å². The molecule has 8 nitrogen and oxygen atoms in total. The van der Waals surface area contributed by atoms with Crippen LogP contribution in [0.5, 0.6) is 11.5 Å². The molecule has 1 fully saturated rings. The zero-order chi connectivity index (χ0) is 15.0. The van der Waals surface area contributed by atoms with Gasteiger partial charge in [-0.05, 0) is 19.3 Å². The normalized spacial score (nSPS) is 18.5. The molecule has 1 aliphatic heterocycles. The largest absolute Gasteiger partial charge is 0.486 e. The van der Waals surface area contributed by atoms with Crippen LogP contribution in [0.15, 0.2) is 12.1 Å². The minimum absolute atomic E-state index is 0.145. The van der Waals surface area contributed by atoms with E-state index in [2.05, 4.69) is 5.32 Å². The molecule has 1 saturated carbocycles. The fourth-order valence-electron chi connectivity index (χ4n) is 2.51. The Balaban J connectivity index is 2.00. The standard InChI is InChI=1S/C13H14N2O6/c16-12(17)13(2-1-3-13)14-8-6-10-11(21-5-4-20-10)7-9(8)15(18)19/h6-7,14H,1-5H2,(H,16,17). The number of aliphatic carboxylic acids is 1. The molecular weight excluding hydrogens is 280 g/mol. The Morgan fingerprint density at radius 3 is 2.38 bits per heavy atom. The molecule has 0 aromatic heterocycles. The number of nitrogens with zero attached hydrogens (tertiary/aromatic N) is 1. The molecule has 2 N–H and O–H groups in total. The van der Waals surface area contributed by atoms with Crippen LogP contribution in [0.25, 0.3) is 0 Å². The quantitative estimate of drug-likeness (QED) is 0.643. The third-order valence-corrected chi connectivity index (χ3v) is 3.85. The van der Waals surface area contributed by atoms with Gasteiger partial charge in [-0.25, -0.2) is 4.79 Å². The van der Waals surface area contributed by atoms with Crippen molar-refractivity contribution < 1.29 is 24.3 Å². The van der Waals surface area contributed by atoms with Gasteiger partial charge in [-0.2, -0.15) is 0 Å². The van der Waals surface area contributed by atoms with Crippen LogP contribution in [0.2, 0.25) is 0 Å². The summed E-state index contributed by atoms with van der Waals surface area (Å²) in [6, 6.07) is 2.71. The lowest BCUT2D eigenvalue weighted by Crippen LogP contribution is -2.52. The van der Waals surface area contributed by atoms with Gasteiger partial charge < -0.3 is 19.9 Å². The second-order valence-corrected chi connectivity index (χ2v) is 5.14. The lowest BCUT2D eigenvalue weighted by molar-refractivity contribution is -0.384. The van der Waals surface area contributed by atoms with E-state index in [0.29, 0.717) is 37.6 Å². The van der Waals surface area contributed by atoms with Crippen LogP contribution in [0.4, 0.5) is 11.4 Å². The number of anilines is 1. The second-order valence-electron chi connectivity index (χ2n) is 5.14. The number of carbonyl (C=O) groups is 1. The molecule has 112 valence electrons. The number of nitro benzene ring substituents is 1. The van der Waals surface area contributed by atoms with Crippen molar-refractivity contribution in [2.24, 2.45) is 0 Å². The van der Waals surface area contributed by atoms with Gasteiger partial charge in [-0.1, -0.05) is 0 Å². The van der Waals surface area contributed by atoms with Gasteiger partial charge >= 0.3 is 5.97 Å². The van der Waals surface area contributed by atoms with Gasteiger partial charge in [0.2, 0.25) is 0 Å². The Hall–Kier alpha value is -2.51. The lowest BCUT2D eigenvalue weighted by Gasteiger charge is -2.39. The Bertz CT molecular complexity index is 611. The summed E-state index contributed by atoms with van der Waals surface area (Å²) in [7, 11) is 0. The Morgan fingerprint density at radius 1 is 1.29 bits per heavy atom. The fraction of sp³-hybridized carbons (Fsp3) is 0.462. The topological polar surface area (TPSA) is 111 Å². The fourth-order valence-corrected chi connectivity index (χ4v) is 2.51. The number of benzene rings is 1. The summed E-state index contributed by atoms with van der Waals surface area (Å²) in [5, 5.41) is 23.3. The molecule has 1 aromatic carbocycles. The summed E-state index contributed by atoms with van der Waals surface area (Å²) in [6.07, 6.45) is 1.65. The van der Waals surface area contributed by atoms with E-state index in [1.54, 1.807) is 0 Å². The van der Waals surface area contributed by atoms with Gasteiger partial charge in [-0.15, -0.1) is 0 Å². The molecule has 1 heterocycles. The van der Waals surface area contributed by atoms with Gasteiger partial charge in [0.1, 0.15) is 24.4 Å². The second kappa shape index (κ2) is 4.80. The molecule has 3 rings (SSSR count). The van der Waals surface area contributed by atoms with Crippen molar-refractivity contribution in [1.29, 1.82) is 0 Å². The molecule has 8 heteroatoms. The van der Waals surface area contributed by atoms with Gasteiger partial charge in [-0.3, -0.25) is 10.1 Å². The maximum Gasteiger partial charge on any atom is 0.329 e. The third kappa shape index (κ3) is 2.22. The number of hydrogen-bond donors (Lipinski definition) is 2. The van der Waals surface area contributed by atoms with Crippen LogP contribution >= 0.6 is 0 Å². The minimum Gasteiger partial charge on any atom is -0.486 e. The average Bonchev–Trinajstić information content (AvgIpc) is 2.41. The first kappa shape index (κ1) is 13.5. The summed E-state index contributed by atoms with van der Waals surface area (Å²) in [5.74, 6) is -0.316. The predicted octanol–water partition coefficient (Wildman–Crippen LogP) is 1.79. The van der Waals surface area contributed by atoms with Crippen molar-refractivity contribution >= 4 is 17.3 Å². The van der Waals surface area contributed by atoms with Crippen LogP contribution in [0.1, 0.15) is 19.3 Å². The molecule has 1 aliphatic carbocycles. The van der Waals surface area contributed by atoms with Crippen molar-refractivity contribution in [3.8, 4) is 11.5 Å². The lowest BCUT2D eigenvalue weighted by atomic mass is 9.76. The van der Waals surface area contributed by atoms with E-state index in [0.717, 1.165) is 6.42 Å². The van der Waals surface area contributed by atoms with Gasteiger partial charge in [0.15, 0.2) is 11.5 Å². The van der Waals surface area contributed by atoms with Gasteiger partial charge in [0, 0.05) is 6.07 Å². The van der Waals surface area contributed by atoms with Gasteiger partial charge in [0.05, 0.1) is 11.0 Å². The molecular formula is C13H14N2O6. The number of fused-ring (bicyclic) bond motifs is 1.